The Balaban J connectivity index is 1.31. The highest BCUT2D eigenvalue weighted by atomic mass is 16.3. The van der Waals surface area contributed by atoms with E-state index in [4.69, 9.17) is 4.42 Å². The molecule has 0 amide bonds. The van der Waals surface area contributed by atoms with Gasteiger partial charge in [-0.2, -0.15) is 0 Å². The molecule has 200 valence electrons. The second-order valence-corrected chi connectivity index (χ2v) is 11.3. The minimum atomic E-state index is 0.919. The quantitative estimate of drug-likeness (QED) is 0.201. The van der Waals surface area contributed by atoms with Gasteiger partial charge >= 0.3 is 0 Å². The van der Waals surface area contributed by atoms with Crippen LogP contribution in [0.4, 0.5) is 0 Å². The maximum atomic E-state index is 6.11. The summed E-state index contributed by atoms with van der Waals surface area (Å²) in [6.45, 7) is 0. The van der Waals surface area contributed by atoms with Gasteiger partial charge in [-0.05, 0) is 90.0 Å². The molecule has 8 aromatic carbocycles. The van der Waals surface area contributed by atoms with Crippen molar-refractivity contribution in [3.05, 3.63) is 158 Å². The molecule has 0 bridgehead atoms. The molecule has 1 heterocycles. The van der Waals surface area contributed by atoms with Crippen LogP contribution in [0.2, 0.25) is 0 Å². The molecule has 0 aliphatic carbocycles. The SMILES string of the molecule is c1cc(-c2ccc3oc4ccccc4c3c2)cc(-c2c3ccccc3c(-c3cccc4ccccc34)c3ccccc23)c1. The molecule has 0 N–H and O–H groups in total. The Morgan fingerprint density at radius 3 is 1.60 bits per heavy atom. The topological polar surface area (TPSA) is 13.1 Å². The van der Waals surface area contributed by atoms with Crippen LogP contribution in [0.25, 0.3) is 87.6 Å². The number of para-hydroxylation sites is 1. The highest BCUT2D eigenvalue weighted by Gasteiger charge is 2.18. The molecule has 0 atom stereocenters. The predicted molar refractivity (Wildman–Crippen MR) is 183 cm³/mol. The summed E-state index contributed by atoms with van der Waals surface area (Å²) in [7, 11) is 0. The number of benzene rings is 8. The summed E-state index contributed by atoms with van der Waals surface area (Å²) < 4.78 is 6.11. The van der Waals surface area contributed by atoms with Gasteiger partial charge in [0.05, 0.1) is 0 Å². The zero-order chi connectivity index (χ0) is 28.3. The first-order chi connectivity index (χ1) is 21.3. The Kier molecular flexibility index (Phi) is 5.27. The zero-order valence-electron chi connectivity index (χ0n) is 23.4. The molecule has 1 heteroatoms. The Labute approximate surface area is 249 Å². The summed E-state index contributed by atoms with van der Waals surface area (Å²) in [5.74, 6) is 0. The van der Waals surface area contributed by atoms with Crippen LogP contribution in [-0.2, 0) is 0 Å². The third-order valence-corrected chi connectivity index (χ3v) is 8.85. The second kappa shape index (κ2) is 9.44. The first-order valence-electron chi connectivity index (χ1n) is 14.8. The van der Waals surface area contributed by atoms with E-state index in [0.717, 1.165) is 21.9 Å². The lowest BCUT2D eigenvalue weighted by Crippen LogP contribution is -1.92. The van der Waals surface area contributed by atoms with E-state index in [1.165, 1.54) is 65.7 Å². The van der Waals surface area contributed by atoms with E-state index in [1.54, 1.807) is 0 Å². The second-order valence-electron chi connectivity index (χ2n) is 11.3. The molecule has 43 heavy (non-hydrogen) atoms. The lowest BCUT2D eigenvalue weighted by molar-refractivity contribution is 0.669. The lowest BCUT2D eigenvalue weighted by atomic mass is 9.84. The van der Waals surface area contributed by atoms with E-state index in [1.807, 2.05) is 12.1 Å². The largest absolute Gasteiger partial charge is 0.456 e. The molecule has 0 saturated carbocycles. The van der Waals surface area contributed by atoms with Gasteiger partial charge in [0.15, 0.2) is 0 Å². The molecule has 0 aliphatic heterocycles. The molecule has 1 aromatic heterocycles. The van der Waals surface area contributed by atoms with Gasteiger partial charge < -0.3 is 4.42 Å². The van der Waals surface area contributed by atoms with E-state index in [0.29, 0.717) is 0 Å². The average Bonchev–Trinajstić information content (AvgIpc) is 3.45. The van der Waals surface area contributed by atoms with E-state index < -0.39 is 0 Å². The van der Waals surface area contributed by atoms with Gasteiger partial charge in [0, 0.05) is 10.8 Å². The summed E-state index contributed by atoms with van der Waals surface area (Å²) in [6, 6.07) is 56.9. The molecule has 0 spiro atoms. The number of hydrogen-bond donors (Lipinski definition) is 0. The fourth-order valence-electron chi connectivity index (χ4n) is 6.93. The van der Waals surface area contributed by atoms with Crippen molar-refractivity contribution in [1.29, 1.82) is 0 Å². The van der Waals surface area contributed by atoms with Crippen molar-refractivity contribution in [2.75, 3.05) is 0 Å². The Bertz CT molecular complexity index is 2450. The van der Waals surface area contributed by atoms with Crippen LogP contribution in [0.15, 0.2) is 162 Å². The molecule has 0 fully saturated rings. The van der Waals surface area contributed by atoms with Crippen LogP contribution in [0.1, 0.15) is 0 Å². The van der Waals surface area contributed by atoms with Crippen molar-refractivity contribution in [3.63, 3.8) is 0 Å². The van der Waals surface area contributed by atoms with E-state index in [-0.39, 0.29) is 0 Å². The molecule has 0 unspecified atom stereocenters. The van der Waals surface area contributed by atoms with Gasteiger partial charge in [-0.15, -0.1) is 0 Å². The highest BCUT2D eigenvalue weighted by molar-refractivity contribution is 6.23. The van der Waals surface area contributed by atoms with Crippen LogP contribution in [-0.4, -0.2) is 0 Å². The monoisotopic (exact) mass is 546 g/mol. The van der Waals surface area contributed by atoms with Gasteiger partial charge in [-0.3, -0.25) is 0 Å². The van der Waals surface area contributed by atoms with E-state index in [2.05, 4.69) is 146 Å². The molecule has 0 radical (unpaired) electrons. The Morgan fingerprint density at radius 1 is 0.302 bits per heavy atom. The van der Waals surface area contributed by atoms with E-state index in [9.17, 15) is 0 Å². The van der Waals surface area contributed by atoms with Gasteiger partial charge in [0.25, 0.3) is 0 Å². The number of fused-ring (bicyclic) bond motifs is 6. The van der Waals surface area contributed by atoms with Crippen molar-refractivity contribution in [2.45, 2.75) is 0 Å². The average molecular weight is 547 g/mol. The third kappa shape index (κ3) is 3.72. The highest BCUT2D eigenvalue weighted by Crippen LogP contribution is 2.45. The summed E-state index contributed by atoms with van der Waals surface area (Å²) >= 11 is 0. The minimum Gasteiger partial charge on any atom is -0.456 e. The summed E-state index contributed by atoms with van der Waals surface area (Å²) in [6.07, 6.45) is 0. The van der Waals surface area contributed by atoms with Gasteiger partial charge in [0.1, 0.15) is 11.2 Å². The first-order valence-corrected chi connectivity index (χ1v) is 14.8. The maximum Gasteiger partial charge on any atom is 0.135 e. The number of hydrogen-bond acceptors (Lipinski definition) is 1. The van der Waals surface area contributed by atoms with Crippen LogP contribution in [0.5, 0.6) is 0 Å². The Hall–Kier alpha value is -5.66. The van der Waals surface area contributed by atoms with Crippen molar-refractivity contribution < 1.29 is 4.42 Å². The lowest BCUT2D eigenvalue weighted by Gasteiger charge is -2.19. The molecule has 9 rings (SSSR count). The molecule has 1 nitrogen and oxygen atoms in total. The third-order valence-electron chi connectivity index (χ3n) is 8.85. The number of furan rings is 1. The first kappa shape index (κ1) is 24.0. The summed E-state index contributed by atoms with van der Waals surface area (Å²) in [5, 5.41) is 9.89. The molecular formula is C42H26O. The zero-order valence-corrected chi connectivity index (χ0v) is 23.4. The van der Waals surface area contributed by atoms with Crippen molar-refractivity contribution in [2.24, 2.45) is 0 Å². The van der Waals surface area contributed by atoms with Crippen molar-refractivity contribution in [3.8, 4) is 33.4 Å². The standard InChI is InChI=1S/C42H26O/c1-2-15-31-27(11-1)12-10-21-33(31)42-36-19-5-3-17-34(36)41(35-18-4-6-20-37(35)42)30-14-9-13-28(25-30)29-23-24-40-38(26-29)32-16-7-8-22-39(32)43-40/h1-26H. The molecular weight excluding hydrogens is 520 g/mol. The summed E-state index contributed by atoms with van der Waals surface area (Å²) in [4.78, 5) is 0. The molecule has 0 saturated heterocycles. The maximum absolute atomic E-state index is 6.11. The van der Waals surface area contributed by atoms with Gasteiger partial charge in [-0.1, -0.05) is 133 Å². The number of rotatable bonds is 3. The van der Waals surface area contributed by atoms with Crippen LogP contribution >= 0.6 is 0 Å². The van der Waals surface area contributed by atoms with Gasteiger partial charge in [-0.25, -0.2) is 0 Å². The fraction of sp³-hybridized carbons (Fsp3) is 0. The fourth-order valence-corrected chi connectivity index (χ4v) is 6.93. The molecule has 0 aliphatic rings. The Morgan fingerprint density at radius 2 is 0.837 bits per heavy atom. The normalized spacial score (nSPS) is 11.7. The summed E-state index contributed by atoms with van der Waals surface area (Å²) in [5.41, 5.74) is 9.26. The van der Waals surface area contributed by atoms with Crippen molar-refractivity contribution in [1.82, 2.24) is 0 Å². The predicted octanol–water partition coefficient (Wildman–Crippen LogP) is 12.0. The van der Waals surface area contributed by atoms with Gasteiger partial charge in [0.2, 0.25) is 0 Å². The van der Waals surface area contributed by atoms with E-state index >= 15 is 0 Å². The molecule has 9 aromatic rings. The minimum absolute atomic E-state index is 0.919. The van der Waals surface area contributed by atoms with Crippen LogP contribution in [0, 0.1) is 0 Å². The smallest absolute Gasteiger partial charge is 0.135 e. The van der Waals surface area contributed by atoms with Crippen molar-refractivity contribution >= 4 is 54.3 Å². The van der Waals surface area contributed by atoms with Crippen LogP contribution < -0.4 is 0 Å². The van der Waals surface area contributed by atoms with Crippen LogP contribution in [0.3, 0.4) is 0 Å².